The van der Waals surface area contributed by atoms with Crippen molar-refractivity contribution < 1.29 is 28.2 Å². The summed E-state index contributed by atoms with van der Waals surface area (Å²) in [5, 5.41) is 14.7. The third-order valence-electron chi connectivity index (χ3n) is 5.35. The van der Waals surface area contributed by atoms with Crippen LogP contribution < -0.4 is 0 Å². The molecule has 1 aromatic carbocycles. The van der Waals surface area contributed by atoms with Crippen LogP contribution in [0, 0.1) is 12.8 Å². The molecule has 1 aromatic heterocycles. The van der Waals surface area contributed by atoms with Crippen molar-refractivity contribution in [2.45, 2.75) is 44.4 Å². The molecule has 1 aliphatic carbocycles. The summed E-state index contributed by atoms with van der Waals surface area (Å²) in [4.78, 5) is 22.8. The van der Waals surface area contributed by atoms with Crippen molar-refractivity contribution >= 4 is 33.0 Å². The van der Waals surface area contributed by atoms with Gasteiger partial charge in [-0.05, 0) is 50.7 Å². The number of hydrogen-bond donors (Lipinski definition) is 2. The van der Waals surface area contributed by atoms with E-state index in [1.54, 1.807) is 4.31 Å². The third-order valence-corrected chi connectivity index (χ3v) is 7.75. The molecule has 158 valence electrons. The van der Waals surface area contributed by atoms with Crippen LogP contribution in [0.5, 0.6) is 0 Å². The maximum Gasteiger partial charge on any atom is 0.414 e. The number of rotatable bonds is 4. The second-order valence-corrected chi connectivity index (χ2v) is 9.67. The van der Waals surface area contributed by atoms with E-state index >= 15 is 0 Å². The second kappa shape index (κ2) is 8.50. The van der Waals surface area contributed by atoms with Crippen molar-refractivity contribution in [2.24, 2.45) is 5.92 Å². The second-order valence-electron chi connectivity index (χ2n) is 7.46. The van der Waals surface area contributed by atoms with Crippen LogP contribution in [-0.2, 0) is 26.2 Å². The van der Waals surface area contributed by atoms with E-state index in [4.69, 9.17) is 19.8 Å². The number of imidazole rings is 1. The highest BCUT2D eigenvalue weighted by Gasteiger charge is 2.41. The SMILES string of the molecule is Cc1nc2ccccc2n1CC1CCN(S(=O)(=O)C2CC2)CC1.O=C(O)C(=O)O. The number of aryl methyl sites for hydroxylation is 1. The highest BCUT2D eigenvalue weighted by atomic mass is 32.2. The van der Waals surface area contributed by atoms with Gasteiger partial charge in [0, 0.05) is 19.6 Å². The highest BCUT2D eigenvalue weighted by Crippen LogP contribution is 2.33. The summed E-state index contributed by atoms with van der Waals surface area (Å²) in [6, 6.07) is 8.22. The molecule has 29 heavy (non-hydrogen) atoms. The van der Waals surface area contributed by atoms with Gasteiger partial charge in [-0.15, -0.1) is 0 Å². The van der Waals surface area contributed by atoms with Crippen molar-refractivity contribution in [2.75, 3.05) is 13.1 Å². The number of aliphatic carboxylic acids is 2. The number of piperidine rings is 1. The minimum atomic E-state index is -3.00. The van der Waals surface area contributed by atoms with Gasteiger partial charge in [0.25, 0.3) is 0 Å². The molecule has 10 heteroatoms. The number of carboxylic acids is 2. The van der Waals surface area contributed by atoms with Gasteiger partial charge in [0.2, 0.25) is 10.0 Å². The zero-order valence-electron chi connectivity index (χ0n) is 16.2. The third kappa shape index (κ3) is 4.94. The van der Waals surface area contributed by atoms with E-state index in [-0.39, 0.29) is 5.25 Å². The summed E-state index contributed by atoms with van der Waals surface area (Å²) in [7, 11) is -3.00. The lowest BCUT2D eigenvalue weighted by Crippen LogP contribution is -2.41. The van der Waals surface area contributed by atoms with Crippen molar-refractivity contribution in [3.05, 3.63) is 30.1 Å². The predicted molar refractivity (Wildman–Crippen MR) is 106 cm³/mol. The van der Waals surface area contributed by atoms with Crippen molar-refractivity contribution in [1.29, 1.82) is 0 Å². The lowest BCUT2D eigenvalue weighted by Gasteiger charge is -2.31. The van der Waals surface area contributed by atoms with E-state index < -0.39 is 22.0 Å². The van der Waals surface area contributed by atoms with E-state index in [9.17, 15) is 8.42 Å². The largest absolute Gasteiger partial charge is 0.473 e. The highest BCUT2D eigenvalue weighted by molar-refractivity contribution is 7.90. The Morgan fingerprint density at radius 3 is 2.21 bits per heavy atom. The van der Waals surface area contributed by atoms with E-state index in [0.717, 1.165) is 43.6 Å². The Morgan fingerprint density at radius 2 is 1.66 bits per heavy atom. The van der Waals surface area contributed by atoms with Crippen LogP contribution in [0.25, 0.3) is 11.0 Å². The van der Waals surface area contributed by atoms with Gasteiger partial charge in [-0.25, -0.2) is 27.3 Å². The standard InChI is InChI=1S/C17H23N3O2S.C2H2O4/c1-13-18-16-4-2-3-5-17(16)20(13)12-14-8-10-19(11-9-14)23(21,22)15-6-7-15;3-1(4)2(5)6/h2-5,14-15H,6-12H2,1H3;(H,3,4)(H,5,6). The maximum absolute atomic E-state index is 12.3. The Labute approximate surface area is 169 Å². The fourth-order valence-electron chi connectivity index (χ4n) is 3.61. The van der Waals surface area contributed by atoms with Gasteiger partial charge >= 0.3 is 11.9 Å². The van der Waals surface area contributed by atoms with Crippen molar-refractivity contribution in [1.82, 2.24) is 13.9 Å². The van der Waals surface area contributed by atoms with Gasteiger partial charge in [-0.1, -0.05) is 12.1 Å². The molecule has 9 nitrogen and oxygen atoms in total. The molecule has 2 aromatic rings. The van der Waals surface area contributed by atoms with Gasteiger partial charge in [-0.3, -0.25) is 0 Å². The van der Waals surface area contributed by atoms with Crippen molar-refractivity contribution in [3.8, 4) is 0 Å². The number of sulfonamides is 1. The molecule has 2 aliphatic rings. The Bertz CT molecular complexity index is 992. The molecule has 1 aliphatic heterocycles. The lowest BCUT2D eigenvalue weighted by molar-refractivity contribution is -0.159. The Morgan fingerprint density at radius 1 is 1.07 bits per heavy atom. The quantitative estimate of drug-likeness (QED) is 0.716. The number of carbonyl (C=O) groups is 2. The first-order valence-corrected chi connectivity index (χ1v) is 11.1. The number of aromatic nitrogens is 2. The molecule has 2 heterocycles. The van der Waals surface area contributed by atoms with Gasteiger partial charge in [0.1, 0.15) is 5.82 Å². The Kier molecular flexibility index (Phi) is 6.23. The van der Waals surface area contributed by atoms with Crippen LogP contribution in [0.15, 0.2) is 24.3 Å². The molecular formula is C19H25N3O6S. The maximum atomic E-state index is 12.3. The topological polar surface area (TPSA) is 130 Å². The number of fused-ring (bicyclic) bond motifs is 1. The Balaban J connectivity index is 0.000000353. The molecule has 2 N–H and O–H groups in total. The molecule has 0 unspecified atom stereocenters. The summed E-state index contributed by atoms with van der Waals surface area (Å²) in [5.74, 6) is -2.08. The van der Waals surface area contributed by atoms with E-state index in [2.05, 4.69) is 15.6 Å². The van der Waals surface area contributed by atoms with Crippen LogP contribution in [-0.4, -0.2) is 62.8 Å². The molecule has 4 rings (SSSR count). The first kappa shape index (κ1) is 21.3. The summed E-state index contributed by atoms with van der Waals surface area (Å²) in [6.45, 7) is 4.33. The average Bonchev–Trinajstić information content (AvgIpc) is 3.49. The molecule has 1 saturated heterocycles. The van der Waals surface area contributed by atoms with E-state index in [1.807, 2.05) is 25.1 Å². The van der Waals surface area contributed by atoms with Crippen LogP contribution in [0.4, 0.5) is 0 Å². The zero-order chi connectivity index (χ0) is 21.2. The van der Waals surface area contributed by atoms with Gasteiger partial charge in [-0.2, -0.15) is 0 Å². The number of carboxylic acid groups (broad SMARTS) is 2. The average molecular weight is 423 g/mol. The van der Waals surface area contributed by atoms with Crippen molar-refractivity contribution in [3.63, 3.8) is 0 Å². The van der Waals surface area contributed by atoms with Gasteiger partial charge < -0.3 is 14.8 Å². The normalized spacial score (nSPS) is 18.2. The summed E-state index contributed by atoms with van der Waals surface area (Å²) < 4.78 is 28.6. The summed E-state index contributed by atoms with van der Waals surface area (Å²) >= 11 is 0. The monoisotopic (exact) mass is 423 g/mol. The molecule has 1 saturated carbocycles. The molecule has 0 bridgehead atoms. The van der Waals surface area contributed by atoms with Gasteiger partial charge in [0.05, 0.1) is 16.3 Å². The summed E-state index contributed by atoms with van der Waals surface area (Å²) in [5.41, 5.74) is 2.22. The first-order chi connectivity index (χ1) is 13.7. The molecule has 2 fully saturated rings. The fourth-order valence-corrected chi connectivity index (χ4v) is 5.48. The van der Waals surface area contributed by atoms with Crippen LogP contribution in [0.2, 0.25) is 0 Å². The Hall–Kier alpha value is -2.46. The zero-order valence-corrected chi connectivity index (χ0v) is 17.0. The van der Waals surface area contributed by atoms with Crippen LogP contribution in [0.3, 0.4) is 0 Å². The minimum Gasteiger partial charge on any atom is -0.473 e. The van der Waals surface area contributed by atoms with Crippen LogP contribution >= 0.6 is 0 Å². The van der Waals surface area contributed by atoms with Crippen LogP contribution in [0.1, 0.15) is 31.5 Å². The molecule has 0 amide bonds. The number of nitrogens with zero attached hydrogens (tertiary/aromatic N) is 3. The van der Waals surface area contributed by atoms with Gasteiger partial charge in [0.15, 0.2) is 0 Å². The summed E-state index contributed by atoms with van der Waals surface area (Å²) in [6.07, 6.45) is 3.58. The number of para-hydroxylation sites is 2. The first-order valence-electron chi connectivity index (χ1n) is 9.57. The smallest absolute Gasteiger partial charge is 0.414 e. The molecule has 0 spiro atoms. The molecular weight excluding hydrogens is 398 g/mol. The number of hydrogen-bond acceptors (Lipinski definition) is 5. The van der Waals surface area contributed by atoms with E-state index in [0.29, 0.717) is 19.0 Å². The fraction of sp³-hybridized carbons (Fsp3) is 0.526. The minimum absolute atomic E-state index is 0.0844. The van der Waals surface area contributed by atoms with E-state index in [1.165, 1.54) is 5.52 Å². The lowest BCUT2D eigenvalue weighted by atomic mass is 9.98. The molecule has 0 radical (unpaired) electrons. The number of benzene rings is 1. The molecule has 0 atom stereocenters. The predicted octanol–water partition coefficient (Wildman–Crippen LogP) is 1.70.